The summed E-state index contributed by atoms with van der Waals surface area (Å²) in [5.74, 6) is -13.5. The van der Waals surface area contributed by atoms with Crippen LogP contribution in [0.4, 0.5) is 27.6 Å². The van der Waals surface area contributed by atoms with Crippen LogP contribution in [0.3, 0.4) is 0 Å². The number of anilines is 1. The van der Waals surface area contributed by atoms with Crippen molar-refractivity contribution in [1.82, 2.24) is 0 Å². The quantitative estimate of drug-likeness (QED) is 0.0490. The average Bonchev–Trinajstić information content (AvgIpc) is 2.93. The molecule has 2 aromatic carbocycles. The largest absolute Gasteiger partial charge is 0.489 e. The Morgan fingerprint density at radius 2 is 1.00 bits per heavy atom. The number of carbonyl (C=O) groups is 1. The van der Waals surface area contributed by atoms with Gasteiger partial charge in [-0.2, -0.15) is 8.78 Å². The number of para-hydroxylation sites is 2. The maximum absolute atomic E-state index is 13.5. The van der Waals surface area contributed by atoms with Crippen molar-refractivity contribution in [1.29, 1.82) is 0 Å². The molecule has 0 aliphatic rings. The fourth-order valence-corrected chi connectivity index (χ4v) is 2.80. The molecule has 0 saturated heterocycles. The molecule has 0 unspecified atom stereocenters. The summed E-state index contributed by atoms with van der Waals surface area (Å²) >= 11 is 0. The van der Waals surface area contributed by atoms with E-state index in [2.05, 4.69) is 4.74 Å². The summed E-state index contributed by atoms with van der Waals surface area (Å²) in [6, 6.07) is 7.20. The van der Waals surface area contributed by atoms with Gasteiger partial charge in [0, 0.05) is 0 Å². The molecule has 14 heteroatoms. The number of benzene rings is 2. The SMILES string of the molecule is Nc1ccccc1OCCOCCOCCOCCOCCOCCC(=O)Oc1c(F)c(F)c(F)c(F)c1F. The minimum atomic E-state index is -2.35. The number of nitrogen functional groups attached to an aromatic ring is 1. The second-order valence-corrected chi connectivity index (χ2v) is 7.57. The number of esters is 1. The summed E-state index contributed by atoms with van der Waals surface area (Å²) in [6.45, 7) is 2.96. The van der Waals surface area contributed by atoms with Crippen LogP contribution in [0, 0.1) is 29.1 Å². The number of hydrogen-bond acceptors (Lipinski definition) is 9. The first-order chi connectivity index (χ1) is 18.8. The van der Waals surface area contributed by atoms with Crippen LogP contribution < -0.4 is 15.2 Å². The molecule has 0 aromatic heterocycles. The molecule has 0 aliphatic carbocycles. The zero-order chi connectivity index (χ0) is 28.5. The Hall–Kier alpha value is -3.04. The van der Waals surface area contributed by atoms with Crippen molar-refractivity contribution in [2.75, 3.05) is 78.4 Å². The van der Waals surface area contributed by atoms with E-state index in [4.69, 9.17) is 34.2 Å². The second-order valence-electron chi connectivity index (χ2n) is 7.57. The van der Waals surface area contributed by atoms with Crippen LogP contribution in [0.2, 0.25) is 0 Å². The highest BCUT2D eigenvalue weighted by atomic mass is 19.2. The van der Waals surface area contributed by atoms with E-state index in [0.717, 1.165) is 0 Å². The topological polar surface area (TPSA) is 108 Å². The smallest absolute Gasteiger partial charge is 0.313 e. The molecular formula is C25H30F5NO8. The fourth-order valence-electron chi connectivity index (χ4n) is 2.80. The van der Waals surface area contributed by atoms with E-state index in [1.54, 1.807) is 12.1 Å². The van der Waals surface area contributed by atoms with E-state index in [0.29, 0.717) is 57.7 Å². The van der Waals surface area contributed by atoms with Crippen LogP contribution in [0.1, 0.15) is 6.42 Å². The van der Waals surface area contributed by atoms with Crippen molar-refractivity contribution in [2.45, 2.75) is 6.42 Å². The molecule has 2 N–H and O–H groups in total. The highest BCUT2D eigenvalue weighted by Gasteiger charge is 2.28. The van der Waals surface area contributed by atoms with E-state index in [-0.39, 0.29) is 26.4 Å². The number of nitrogens with two attached hydrogens (primary N) is 1. The lowest BCUT2D eigenvalue weighted by atomic mass is 10.2. The Bertz CT molecular complexity index is 1000. The van der Waals surface area contributed by atoms with Crippen molar-refractivity contribution in [2.24, 2.45) is 0 Å². The molecule has 0 heterocycles. The van der Waals surface area contributed by atoms with Gasteiger partial charge in [-0.1, -0.05) is 12.1 Å². The van der Waals surface area contributed by atoms with Gasteiger partial charge in [0.05, 0.1) is 78.2 Å². The van der Waals surface area contributed by atoms with Gasteiger partial charge in [-0.05, 0) is 12.1 Å². The highest BCUT2D eigenvalue weighted by Crippen LogP contribution is 2.29. The Kier molecular flexibility index (Phi) is 15.1. The minimum absolute atomic E-state index is 0.0860. The van der Waals surface area contributed by atoms with Gasteiger partial charge in [-0.3, -0.25) is 4.79 Å². The van der Waals surface area contributed by atoms with Crippen LogP contribution >= 0.6 is 0 Å². The van der Waals surface area contributed by atoms with Crippen molar-refractivity contribution in [3.05, 3.63) is 53.4 Å². The van der Waals surface area contributed by atoms with Crippen LogP contribution in [0.15, 0.2) is 24.3 Å². The lowest BCUT2D eigenvalue weighted by Gasteiger charge is -2.10. The summed E-state index contributed by atoms with van der Waals surface area (Å²) in [7, 11) is 0. The number of hydrogen-bond donors (Lipinski definition) is 1. The molecule has 0 amide bonds. The van der Waals surface area contributed by atoms with Crippen molar-refractivity contribution in [3.8, 4) is 11.5 Å². The summed E-state index contributed by atoms with van der Waals surface area (Å²) < 4.78 is 102. The number of ether oxygens (including phenoxy) is 7. The van der Waals surface area contributed by atoms with Crippen LogP contribution in [0.5, 0.6) is 11.5 Å². The molecule has 2 aromatic rings. The molecule has 0 atom stereocenters. The predicted molar refractivity (Wildman–Crippen MR) is 127 cm³/mol. The second kappa shape index (κ2) is 18.3. The lowest BCUT2D eigenvalue weighted by molar-refractivity contribution is -0.136. The Balaban J connectivity index is 1.36. The summed E-state index contributed by atoms with van der Waals surface area (Å²) in [5.41, 5.74) is 6.34. The van der Waals surface area contributed by atoms with Gasteiger partial charge in [-0.15, -0.1) is 0 Å². The Morgan fingerprint density at radius 3 is 1.49 bits per heavy atom. The molecule has 39 heavy (non-hydrogen) atoms. The molecule has 0 saturated carbocycles. The van der Waals surface area contributed by atoms with Crippen molar-refractivity contribution >= 4 is 11.7 Å². The van der Waals surface area contributed by atoms with E-state index >= 15 is 0 Å². The molecule has 0 aliphatic heterocycles. The molecule has 2 rings (SSSR count). The molecule has 0 radical (unpaired) electrons. The van der Waals surface area contributed by atoms with Gasteiger partial charge in [0.2, 0.25) is 34.8 Å². The number of halogens is 5. The molecular weight excluding hydrogens is 537 g/mol. The maximum atomic E-state index is 13.5. The van der Waals surface area contributed by atoms with Gasteiger partial charge in [0.15, 0.2) is 0 Å². The van der Waals surface area contributed by atoms with E-state index in [9.17, 15) is 26.7 Å². The summed E-state index contributed by atoms with van der Waals surface area (Å²) in [6.07, 6.45) is -0.482. The van der Waals surface area contributed by atoms with Gasteiger partial charge in [-0.25, -0.2) is 13.2 Å². The Morgan fingerprint density at radius 1 is 0.590 bits per heavy atom. The highest BCUT2D eigenvalue weighted by molar-refractivity contribution is 5.72. The average molecular weight is 568 g/mol. The molecule has 0 bridgehead atoms. The third kappa shape index (κ3) is 11.7. The van der Waals surface area contributed by atoms with Crippen molar-refractivity contribution in [3.63, 3.8) is 0 Å². The van der Waals surface area contributed by atoms with E-state index in [1.165, 1.54) is 0 Å². The van der Waals surface area contributed by atoms with E-state index < -0.39 is 47.2 Å². The van der Waals surface area contributed by atoms with Crippen LogP contribution in [-0.4, -0.2) is 78.6 Å². The maximum Gasteiger partial charge on any atom is 0.313 e. The van der Waals surface area contributed by atoms with E-state index in [1.807, 2.05) is 12.1 Å². The van der Waals surface area contributed by atoms with Crippen LogP contribution in [0.25, 0.3) is 0 Å². The molecule has 0 fully saturated rings. The number of rotatable bonds is 20. The van der Waals surface area contributed by atoms with Gasteiger partial charge in [0.25, 0.3) is 0 Å². The standard InChI is InChI=1S/C25H30F5NO8/c26-20-21(27)23(29)25(24(30)22(20)28)39-19(32)5-6-33-7-8-34-9-10-35-11-12-36-13-14-37-15-16-38-18-4-2-1-3-17(18)31/h1-4H,5-16,31H2. The van der Waals surface area contributed by atoms with Crippen LogP contribution in [-0.2, 0) is 28.5 Å². The predicted octanol–water partition coefficient (Wildman–Crippen LogP) is 3.42. The lowest BCUT2D eigenvalue weighted by Crippen LogP contribution is -2.16. The van der Waals surface area contributed by atoms with Gasteiger partial charge < -0.3 is 38.9 Å². The summed E-state index contributed by atoms with van der Waals surface area (Å²) in [4.78, 5) is 11.6. The zero-order valence-electron chi connectivity index (χ0n) is 21.0. The summed E-state index contributed by atoms with van der Waals surface area (Å²) in [5, 5.41) is 0. The molecule has 0 spiro atoms. The molecule has 218 valence electrons. The monoisotopic (exact) mass is 567 g/mol. The first kappa shape index (κ1) is 32.2. The first-order valence-electron chi connectivity index (χ1n) is 11.9. The van der Waals surface area contributed by atoms with Gasteiger partial charge in [0.1, 0.15) is 12.4 Å². The first-order valence-corrected chi connectivity index (χ1v) is 11.9. The third-order valence-electron chi connectivity index (χ3n) is 4.73. The fraction of sp³-hybridized carbons (Fsp3) is 0.480. The zero-order valence-corrected chi connectivity index (χ0v) is 21.0. The normalized spacial score (nSPS) is 11.1. The Labute approximate surface area is 221 Å². The molecule has 9 nitrogen and oxygen atoms in total. The van der Waals surface area contributed by atoms with Crippen molar-refractivity contribution < 1.29 is 59.9 Å². The number of carbonyl (C=O) groups excluding carboxylic acids is 1. The minimum Gasteiger partial charge on any atom is -0.489 e. The van der Waals surface area contributed by atoms with Gasteiger partial charge >= 0.3 is 5.97 Å². The third-order valence-corrected chi connectivity index (χ3v) is 4.73.